The van der Waals surface area contributed by atoms with Crippen molar-refractivity contribution in [3.05, 3.63) is 35.9 Å². The summed E-state index contributed by atoms with van der Waals surface area (Å²) in [6.07, 6.45) is 10.5. The lowest BCUT2D eigenvalue weighted by molar-refractivity contribution is 0.294. The van der Waals surface area contributed by atoms with Gasteiger partial charge >= 0.3 is 0 Å². The van der Waals surface area contributed by atoms with Crippen LogP contribution in [0.1, 0.15) is 44.6 Å². The zero-order valence-electron chi connectivity index (χ0n) is 13.2. The molecule has 0 radical (unpaired) electrons. The Labute approximate surface area is 131 Å². The number of hydrogen-bond donors (Lipinski definition) is 1. The lowest BCUT2D eigenvalue weighted by Crippen LogP contribution is -2.29. The molecule has 22 heavy (non-hydrogen) atoms. The van der Waals surface area contributed by atoms with Crippen LogP contribution in [-0.2, 0) is 0 Å². The molecule has 0 fully saturated rings. The molecular formula is C18H24FN3. The molecule has 0 aliphatic carbocycles. The van der Waals surface area contributed by atoms with Gasteiger partial charge in [-0.25, -0.2) is 4.98 Å². The summed E-state index contributed by atoms with van der Waals surface area (Å²) in [5, 5.41) is 0. The fourth-order valence-corrected chi connectivity index (χ4v) is 3.14. The van der Waals surface area contributed by atoms with E-state index < -0.39 is 5.95 Å². The molecule has 3 heterocycles. The zero-order chi connectivity index (χ0) is 15.4. The van der Waals surface area contributed by atoms with Crippen LogP contribution in [0.15, 0.2) is 24.4 Å². The molecule has 1 aliphatic heterocycles. The number of fused-ring (bicyclic) bond motifs is 1. The summed E-state index contributed by atoms with van der Waals surface area (Å²) in [7, 11) is 0. The monoisotopic (exact) mass is 301 g/mol. The SMILES string of the molecule is CCCCCCN1CC=C(c2c[nH]c3ccc(F)nc23)CC1. The molecule has 0 atom stereocenters. The molecule has 3 rings (SSSR count). The summed E-state index contributed by atoms with van der Waals surface area (Å²) in [5.41, 5.74) is 4.00. The highest BCUT2D eigenvalue weighted by Crippen LogP contribution is 2.28. The lowest BCUT2D eigenvalue weighted by Gasteiger charge is -2.26. The molecular weight excluding hydrogens is 277 g/mol. The van der Waals surface area contributed by atoms with E-state index in [9.17, 15) is 4.39 Å². The minimum absolute atomic E-state index is 0.415. The van der Waals surface area contributed by atoms with Crippen molar-refractivity contribution >= 4 is 16.6 Å². The van der Waals surface area contributed by atoms with Gasteiger partial charge in [-0.05, 0) is 37.1 Å². The second-order valence-electron chi connectivity index (χ2n) is 6.07. The van der Waals surface area contributed by atoms with Crippen LogP contribution in [0.25, 0.3) is 16.6 Å². The maximum Gasteiger partial charge on any atom is 0.213 e. The molecule has 0 spiro atoms. The molecule has 0 saturated carbocycles. The first-order valence-electron chi connectivity index (χ1n) is 8.33. The summed E-state index contributed by atoms with van der Waals surface area (Å²) < 4.78 is 13.4. The van der Waals surface area contributed by atoms with Gasteiger partial charge in [0.25, 0.3) is 0 Å². The fraction of sp³-hybridized carbons (Fsp3) is 0.500. The van der Waals surface area contributed by atoms with Crippen molar-refractivity contribution in [3.8, 4) is 0 Å². The summed E-state index contributed by atoms with van der Waals surface area (Å²) in [6.45, 7) is 5.50. The van der Waals surface area contributed by atoms with E-state index in [-0.39, 0.29) is 0 Å². The van der Waals surface area contributed by atoms with Gasteiger partial charge in [0, 0.05) is 24.8 Å². The summed E-state index contributed by atoms with van der Waals surface area (Å²) in [5.74, 6) is -0.415. The first-order valence-corrected chi connectivity index (χ1v) is 8.33. The van der Waals surface area contributed by atoms with Gasteiger partial charge in [-0.2, -0.15) is 4.39 Å². The van der Waals surface area contributed by atoms with Gasteiger partial charge in [-0.15, -0.1) is 0 Å². The van der Waals surface area contributed by atoms with Gasteiger partial charge in [0.05, 0.1) is 11.0 Å². The van der Waals surface area contributed by atoms with Crippen LogP contribution in [0.3, 0.4) is 0 Å². The molecule has 0 amide bonds. The van der Waals surface area contributed by atoms with Crippen molar-refractivity contribution in [3.63, 3.8) is 0 Å². The Morgan fingerprint density at radius 1 is 1.27 bits per heavy atom. The number of nitrogens with one attached hydrogen (secondary N) is 1. The molecule has 0 aromatic carbocycles. The topological polar surface area (TPSA) is 31.9 Å². The second-order valence-corrected chi connectivity index (χ2v) is 6.07. The molecule has 2 aromatic heterocycles. The molecule has 2 aromatic rings. The normalized spacial score (nSPS) is 16.2. The van der Waals surface area contributed by atoms with Crippen LogP contribution in [0.5, 0.6) is 0 Å². The third kappa shape index (κ3) is 3.38. The maximum absolute atomic E-state index is 13.4. The van der Waals surface area contributed by atoms with Crippen molar-refractivity contribution in [2.45, 2.75) is 39.0 Å². The third-order valence-electron chi connectivity index (χ3n) is 4.46. The van der Waals surface area contributed by atoms with E-state index in [0.29, 0.717) is 0 Å². The summed E-state index contributed by atoms with van der Waals surface area (Å²) >= 11 is 0. The molecule has 0 bridgehead atoms. The molecule has 3 nitrogen and oxygen atoms in total. The first-order chi connectivity index (χ1) is 10.8. The number of aromatic nitrogens is 2. The Hall–Kier alpha value is -1.68. The van der Waals surface area contributed by atoms with E-state index in [1.165, 1.54) is 43.9 Å². The van der Waals surface area contributed by atoms with Crippen molar-refractivity contribution in [1.82, 2.24) is 14.9 Å². The molecule has 4 heteroatoms. The van der Waals surface area contributed by atoms with Crippen LogP contribution < -0.4 is 0 Å². The highest BCUT2D eigenvalue weighted by atomic mass is 19.1. The van der Waals surface area contributed by atoms with E-state index in [4.69, 9.17) is 0 Å². The second kappa shape index (κ2) is 7.05. The Bertz CT molecular complexity index is 659. The van der Waals surface area contributed by atoms with Gasteiger partial charge < -0.3 is 4.98 Å². The van der Waals surface area contributed by atoms with Crippen molar-refractivity contribution < 1.29 is 4.39 Å². The highest BCUT2D eigenvalue weighted by Gasteiger charge is 2.16. The fourth-order valence-electron chi connectivity index (χ4n) is 3.14. The largest absolute Gasteiger partial charge is 0.359 e. The minimum Gasteiger partial charge on any atom is -0.359 e. The van der Waals surface area contributed by atoms with E-state index in [1.807, 2.05) is 6.20 Å². The molecule has 118 valence electrons. The average Bonchev–Trinajstić information content (AvgIpc) is 2.95. The van der Waals surface area contributed by atoms with Gasteiger partial charge in [0.2, 0.25) is 5.95 Å². The number of H-pyrrole nitrogens is 1. The standard InChI is InChI=1S/C18H24FN3/c1-2-3-4-5-10-22-11-8-14(9-12-22)15-13-20-16-6-7-17(19)21-18(15)16/h6-8,13,20H,2-5,9-12H2,1H3. The predicted octanol–water partition coefficient (Wildman–Crippen LogP) is 4.37. The van der Waals surface area contributed by atoms with E-state index >= 15 is 0 Å². The first kappa shape index (κ1) is 15.2. The predicted molar refractivity (Wildman–Crippen MR) is 89.2 cm³/mol. The van der Waals surface area contributed by atoms with Crippen LogP contribution in [0.2, 0.25) is 0 Å². The smallest absolute Gasteiger partial charge is 0.213 e. The van der Waals surface area contributed by atoms with Gasteiger partial charge in [-0.1, -0.05) is 32.3 Å². The van der Waals surface area contributed by atoms with Crippen LogP contribution in [0, 0.1) is 5.95 Å². The maximum atomic E-state index is 13.4. The molecule has 0 saturated heterocycles. The van der Waals surface area contributed by atoms with E-state index in [0.717, 1.165) is 36.1 Å². The number of rotatable bonds is 6. The Morgan fingerprint density at radius 3 is 2.95 bits per heavy atom. The number of unbranched alkanes of at least 4 members (excludes halogenated alkanes) is 3. The number of halogens is 1. The van der Waals surface area contributed by atoms with Gasteiger partial charge in [0.15, 0.2) is 0 Å². The van der Waals surface area contributed by atoms with Crippen molar-refractivity contribution in [1.29, 1.82) is 0 Å². The van der Waals surface area contributed by atoms with E-state index in [1.54, 1.807) is 6.07 Å². The summed E-state index contributed by atoms with van der Waals surface area (Å²) in [4.78, 5) is 9.74. The zero-order valence-corrected chi connectivity index (χ0v) is 13.2. The summed E-state index contributed by atoms with van der Waals surface area (Å²) in [6, 6.07) is 3.15. The van der Waals surface area contributed by atoms with Crippen LogP contribution in [0.4, 0.5) is 4.39 Å². The van der Waals surface area contributed by atoms with Crippen LogP contribution in [-0.4, -0.2) is 34.5 Å². The Morgan fingerprint density at radius 2 is 2.18 bits per heavy atom. The quantitative estimate of drug-likeness (QED) is 0.634. The molecule has 0 unspecified atom stereocenters. The number of pyridine rings is 1. The van der Waals surface area contributed by atoms with Crippen LogP contribution >= 0.6 is 0 Å². The number of hydrogen-bond acceptors (Lipinski definition) is 2. The molecule has 1 N–H and O–H groups in total. The van der Waals surface area contributed by atoms with Crippen molar-refractivity contribution in [2.24, 2.45) is 0 Å². The molecule has 1 aliphatic rings. The third-order valence-corrected chi connectivity index (χ3v) is 4.46. The Kier molecular flexibility index (Phi) is 4.88. The number of aromatic amines is 1. The minimum atomic E-state index is -0.415. The Balaban J connectivity index is 1.66. The van der Waals surface area contributed by atoms with Gasteiger partial charge in [0.1, 0.15) is 0 Å². The number of nitrogens with zero attached hydrogens (tertiary/aromatic N) is 2. The highest BCUT2D eigenvalue weighted by molar-refractivity contribution is 5.89. The van der Waals surface area contributed by atoms with Crippen molar-refractivity contribution in [2.75, 3.05) is 19.6 Å². The lowest BCUT2D eigenvalue weighted by atomic mass is 10.0. The average molecular weight is 301 g/mol. The van der Waals surface area contributed by atoms with E-state index in [2.05, 4.69) is 27.9 Å². The van der Waals surface area contributed by atoms with Gasteiger partial charge in [-0.3, -0.25) is 4.90 Å².